The summed E-state index contributed by atoms with van der Waals surface area (Å²) in [4.78, 5) is 21.3. The van der Waals surface area contributed by atoms with Crippen molar-refractivity contribution in [3.63, 3.8) is 0 Å². The van der Waals surface area contributed by atoms with Crippen LogP contribution in [-0.4, -0.2) is 23.2 Å². The van der Waals surface area contributed by atoms with E-state index >= 15 is 0 Å². The Kier molecular flexibility index (Phi) is 4.88. The van der Waals surface area contributed by atoms with E-state index in [0.29, 0.717) is 34.0 Å². The van der Waals surface area contributed by atoms with E-state index < -0.39 is 11.0 Å². The summed E-state index contributed by atoms with van der Waals surface area (Å²) in [5.74, 6) is 0.944. The molecular formula is C16H17N3O5. The Morgan fingerprint density at radius 1 is 1.17 bits per heavy atom. The molecule has 0 saturated heterocycles. The smallest absolute Gasteiger partial charge is 0.409 e. The van der Waals surface area contributed by atoms with Crippen LogP contribution in [0.5, 0.6) is 11.5 Å². The maximum absolute atomic E-state index is 10.9. The molecule has 2 rings (SSSR count). The summed E-state index contributed by atoms with van der Waals surface area (Å²) < 4.78 is 5.74. The van der Waals surface area contributed by atoms with Crippen LogP contribution >= 0.6 is 0 Å². The first kappa shape index (κ1) is 17.1. The van der Waals surface area contributed by atoms with E-state index in [9.17, 15) is 14.9 Å². The molecule has 24 heavy (non-hydrogen) atoms. The standard InChI is InChI=1S/C16H17N3O5/c1-9-6-12(7-10(2)15(9)18-16(20)21)24-11-4-5-14(19(22)23)13(8-11)17-3/h4-8,17-18H,1-3H3,(H,20,21). The van der Waals surface area contributed by atoms with Gasteiger partial charge in [-0.15, -0.1) is 0 Å². The van der Waals surface area contributed by atoms with Crippen molar-refractivity contribution in [2.24, 2.45) is 0 Å². The maximum atomic E-state index is 10.9. The number of anilines is 2. The topological polar surface area (TPSA) is 114 Å². The summed E-state index contributed by atoms with van der Waals surface area (Å²) in [6.45, 7) is 3.53. The van der Waals surface area contributed by atoms with E-state index in [1.54, 1.807) is 33.0 Å². The van der Waals surface area contributed by atoms with Gasteiger partial charge in [0, 0.05) is 19.2 Å². The van der Waals surface area contributed by atoms with Crippen molar-refractivity contribution in [3.05, 3.63) is 51.6 Å². The quantitative estimate of drug-likeness (QED) is 0.560. The lowest BCUT2D eigenvalue weighted by Gasteiger charge is -2.13. The Morgan fingerprint density at radius 2 is 1.79 bits per heavy atom. The van der Waals surface area contributed by atoms with Gasteiger partial charge < -0.3 is 15.2 Å². The van der Waals surface area contributed by atoms with Crippen molar-refractivity contribution in [2.75, 3.05) is 17.7 Å². The van der Waals surface area contributed by atoms with Crippen LogP contribution in [0.4, 0.5) is 21.9 Å². The minimum Gasteiger partial charge on any atom is -0.465 e. The molecule has 0 aliphatic rings. The number of amides is 1. The number of nitro benzene ring substituents is 1. The highest BCUT2D eigenvalue weighted by atomic mass is 16.6. The fourth-order valence-corrected chi connectivity index (χ4v) is 2.36. The molecule has 2 aromatic carbocycles. The van der Waals surface area contributed by atoms with Crippen LogP contribution in [0.2, 0.25) is 0 Å². The maximum Gasteiger partial charge on any atom is 0.409 e. The van der Waals surface area contributed by atoms with Crippen LogP contribution in [0.1, 0.15) is 11.1 Å². The van der Waals surface area contributed by atoms with Gasteiger partial charge in [0.05, 0.1) is 10.6 Å². The molecule has 0 saturated carbocycles. The van der Waals surface area contributed by atoms with Gasteiger partial charge in [-0.25, -0.2) is 4.79 Å². The molecule has 0 atom stereocenters. The van der Waals surface area contributed by atoms with Crippen LogP contribution in [0.15, 0.2) is 30.3 Å². The van der Waals surface area contributed by atoms with Gasteiger partial charge >= 0.3 is 6.09 Å². The Hall–Kier alpha value is -3.29. The van der Waals surface area contributed by atoms with Gasteiger partial charge in [-0.1, -0.05) is 0 Å². The third kappa shape index (κ3) is 3.72. The molecule has 0 radical (unpaired) electrons. The van der Waals surface area contributed by atoms with Gasteiger partial charge in [-0.2, -0.15) is 0 Å². The van der Waals surface area contributed by atoms with Crippen LogP contribution < -0.4 is 15.4 Å². The number of carbonyl (C=O) groups is 1. The summed E-state index contributed by atoms with van der Waals surface area (Å²) in [5, 5.41) is 24.9. The number of nitrogens with zero attached hydrogens (tertiary/aromatic N) is 1. The second-order valence-electron chi connectivity index (χ2n) is 5.15. The molecule has 0 aliphatic carbocycles. The average molecular weight is 331 g/mol. The minimum absolute atomic E-state index is 0.0433. The van der Waals surface area contributed by atoms with Crippen LogP contribution in [0.3, 0.4) is 0 Å². The van der Waals surface area contributed by atoms with Gasteiger partial charge in [-0.05, 0) is 43.2 Å². The zero-order chi connectivity index (χ0) is 17.9. The van der Waals surface area contributed by atoms with Crippen LogP contribution in [0.25, 0.3) is 0 Å². The Morgan fingerprint density at radius 3 is 2.29 bits per heavy atom. The number of benzene rings is 2. The number of ether oxygens (including phenoxy) is 1. The second kappa shape index (κ2) is 6.86. The minimum atomic E-state index is -1.14. The van der Waals surface area contributed by atoms with Gasteiger partial charge in [0.15, 0.2) is 0 Å². The second-order valence-corrected chi connectivity index (χ2v) is 5.15. The van der Waals surface area contributed by atoms with Crippen molar-refractivity contribution in [2.45, 2.75) is 13.8 Å². The summed E-state index contributed by atoms with van der Waals surface area (Å²) in [6, 6.07) is 7.79. The van der Waals surface area contributed by atoms with E-state index in [1.165, 1.54) is 18.2 Å². The van der Waals surface area contributed by atoms with E-state index in [4.69, 9.17) is 9.84 Å². The summed E-state index contributed by atoms with van der Waals surface area (Å²) in [5.41, 5.74) is 2.23. The predicted molar refractivity (Wildman–Crippen MR) is 90.3 cm³/mol. The van der Waals surface area contributed by atoms with Crippen molar-refractivity contribution >= 4 is 23.2 Å². The predicted octanol–water partition coefficient (Wildman–Crippen LogP) is 4.14. The first-order valence-corrected chi connectivity index (χ1v) is 7.07. The van der Waals surface area contributed by atoms with E-state index in [-0.39, 0.29) is 5.69 Å². The zero-order valence-corrected chi connectivity index (χ0v) is 13.4. The van der Waals surface area contributed by atoms with E-state index in [2.05, 4.69) is 10.6 Å². The van der Waals surface area contributed by atoms with Gasteiger partial charge in [0.1, 0.15) is 17.2 Å². The Balaban J connectivity index is 2.31. The van der Waals surface area contributed by atoms with Crippen molar-refractivity contribution in [1.29, 1.82) is 0 Å². The van der Waals surface area contributed by atoms with Gasteiger partial charge in [0.25, 0.3) is 5.69 Å². The SMILES string of the molecule is CNc1cc(Oc2cc(C)c(NC(=O)O)c(C)c2)ccc1[N+](=O)[O-]. The summed E-state index contributed by atoms with van der Waals surface area (Å²) in [7, 11) is 1.59. The molecule has 3 N–H and O–H groups in total. The average Bonchev–Trinajstić information content (AvgIpc) is 2.50. The normalized spacial score (nSPS) is 10.1. The number of rotatable bonds is 5. The first-order valence-electron chi connectivity index (χ1n) is 7.07. The molecule has 0 spiro atoms. The number of aryl methyl sites for hydroxylation is 2. The van der Waals surface area contributed by atoms with E-state index in [0.717, 1.165) is 0 Å². The molecule has 0 fully saturated rings. The highest BCUT2D eigenvalue weighted by molar-refractivity contribution is 5.85. The molecule has 0 unspecified atom stereocenters. The third-order valence-corrected chi connectivity index (χ3v) is 3.41. The molecule has 8 nitrogen and oxygen atoms in total. The Labute approximate surface area is 138 Å². The lowest BCUT2D eigenvalue weighted by Crippen LogP contribution is -2.10. The molecule has 1 amide bonds. The fraction of sp³-hybridized carbons (Fsp3) is 0.188. The lowest BCUT2D eigenvalue weighted by atomic mass is 10.1. The fourth-order valence-electron chi connectivity index (χ4n) is 2.36. The molecule has 8 heteroatoms. The molecule has 2 aromatic rings. The molecule has 0 bridgehead atoms. The highest BCUT2D eigenvalue weighted by Gasteiger charge is 2.14. The largest absolute Gasteiger partial charge is 0.465 e. The summed E-state index contributed by atoms with van der Waals surface area (Å²) >= 11 is 0. The molecule has 126 valence electrons. The first-order chi connectivity index (χ1) is 11.3. The number of hydrogen-bond acceptors (Lipinski definition) is 5. The van der Waals surface area contributed by atoms with Crippen LogP contribution in [-0.2, 0) is 0 Å². The number of nitro groups is 1. The zero-order valence-electron chi connectivity index (χ0n) is 13.4. The van der Waals surface area contributed by atoms with Crippen molar-refractivity contribution in [1.82, 2.24) is 0 Å². The number of hydrogen-bond donors (Lipinski definition) is 3. The highest BCUT2D eigenvalue weighted by Crippen LogP contribution is 2.33. The van der Waals surface area contributed by atoms with Gasteiger partial charge in [0.2, 0.25) is 0 Å². The number of carboxylic acid groups (broad SMARTS) is 1. The van der Waals surface area contributed by atoms with E-state index in [1.807, 2.05) is 0 Å². The van der Waals surface area contributed by atoms with Crippen LogP contribution in [0, 0.1) is 24.0 Å². The summed E-state index contributed by atoms with van der Waals surface area (Å²) in [6.07, 6.45) is -1.14. The number of nitrogens with one attached hydrogen (secondary N) is 2. The third-order valence-electron chi connectivity index (χ3n) is 3.41. The molecule has 0 aliphatic heterocycles. The Bertz CT molecular complexity index is 781. The molecular weight excluding hydrogens is 314 g/mol. The lowest BCUT2D eigenvalue weighted by molar-refractivity contribution is -0.384. The molecule has 0 aromatic heterocycles. The van der Waals surface area contributed by atoms with Crippen molar-refractivity contribution < 1.29 is 19.6 Å². The van der Waals surface area contributed by atoms with Gasteiger partial charge in [-0.3, -0.25) is 15.4 Å². The van der Waals surface area contributed by atoms with Crippen molar-refractivity contribution in [3.8, 4) is 11.5 Å². The monoisotopic (exact) mass is 331 g/mol. The molecule has 0 heterocycles.